The molecule has 0 saturated carbocycles. The predicted octanol–water partition coefficient (Wildman–Crippen LogP) is 0.670. The number of rotatable bonds is 11. The van der Waals surface area contributed by atoms with Crippen LogP contribution in [0.2, 0.25) is 0 Å². The molecule has 116 valence electrons. The molecule has 19 heavy (non-hydrogen) atoms. The SMILES string of the molecule is CCCCC(CCCCOP(=O)(O)O)OP(=O)([O-])[O-]. The fourth-order valence-corrected chi connectivity index (χ4v) is 2.46. The van der Waals surface area contributed by atoms with Crippen LogP contribution < -0.4 is 9.79 Å². The van der Waals surface area contributed by atoms with Crippen LogP contribution in [0.25, 0.3) is 0 Å². The first-order chi connectivity index (χ1) is 8.64. The number of phosphoric ester groups is 2. The fourth-order valence-electron chi connectivity index (χ4n) is 1.52. The minimum Gasteiger partial charge on any atom is -0.790 e. The van der Waals surface area contributed by atoms with Crippen LogP contribution in [0.3, 0.4) is 0 Å². The average Bonchev–Trinajstić information content (AvgIpc) is 2.21. The second-order valence-corrected chi connectivity index (χ2v) is 6.48. The van der Waals surface area contributed by atoms with Crippen molar-refractivity contribution in [1.82, 2.24) is 0 Å². The van der Waals surface area contributed by atoms with Gasteiger partial charge in [-0.05, 0) is 25.7 Å². The number of phosphoric acid groups is 2. The molecule has 0 spiro atoms. The Morgan fingerprint density at radius 3 is 2.16 bits per heavy atom. The van der Waals surface area contributed by atoms with E-state index in [0.29, 0.717) is 25.7 Å². The van der Waals surface area contributed by atoms with Crippen molar-refractivity contribution in [1.29, 1.82) is 0 Å². The number of unbranched alkanes of at least 4 members (excludes halogenated alkanes) is 2. The molecule has 0 aromatic carbocycles. The molecule has 0 aliphatic carbocycles. The van der Waals surface area contributed by atoms with Gasteiger partial charge in [-0.25, -0.2) is 4.57 Å². The predicted molar refractivity (Wildman–Crippen MR) is 63.9 cm³/mol. The number of hydrogen-bond donors (Lipinski definition) is 2. The molecule has 0 saturated heterocycles. The van der Waals surface area contributed by atoms with E-state index in [1.807, 2.05) is 6.92 Å². The minimum atomic E-state index is -5.00. The largest absolute Gasteiger partial charge is 0.790 e. The lowest BCUT2D eigenvalue weighted by Crippen LogP contribution is -2.23. The summed E-state index contributed by atoms with van der Waals surface area (Å²) in [7, 11) is -9.46. The summed E-state index contributed by atoms with van der Waals surface area (Å²) in [5.41, 5.74) is 0. The summed E-state index contributed by atoms with van der Waals surface area (Å²) in [6.45, 7) is 1.80. The van der Waals surface area contributed by atoms with Crippen LogP contribution in [0.5, 0.6) is 0 Å². The Bertz CT molecular complexity index is 322. The van der Waals surface area contributed by atoms with Gasteiger partial charge in [0.15, 0.2) is 0 Å². The smallest absolute Gasteiger partial charge is 0.469 e. The van der Waals surface area contributed by atoms with Crippen molar-refractivity contribution in [3.05, 3.63) is 0 Å². The van der Waals surface area contributed by atoms with Gasteiger partial charge in [0.1, 0.15) is 0 Å². The zero-order valence-electron chi connectivity index (χ0n) is 10.8. The number of hydrogen-bond acceptors (Lipinski definition) is 6. The van der Waals surface area contributed by atoms with E-state index >= 15 is 0 Å². The van der Waals surface area contributed by atoms with Gasteiger partial charge in [0.05, 0.1) is 20.5 Å². The van der Waals surface area contributed by atoms with Gasteiger partial charge in [-0.1, -0.05) is 19.8 Å². The van der Waals surface area contributed by atoms with E-state index in [1.165, 1.54) is 0 Å². The van der Waals surface area contributed by atoms with E-state index in [4.69, 9.17) is 9.79 Å². The van der Waals surface area contributed by atoms with Crippen molar-refractivity contribution in [2.45, 2.75) is 51.6 Å². The molecule has 1 atom stereocenters. The Morgan fingerprint density at radius 2 is 1.68 bits per heavy atom. The van der Waals surface area contributed by atoms with Crippen molar-refractivity contribution >= 4 is 15.6 Å². The summed E-state index contributed by atoms with van der Waals surface area (Å²) >= 11 is 0. The van der Waals surface area contributed by atoms with Crippen molar-refractivity contribution in [2.24, 2.45) is 0 Å². The van der Waals surface area contributed by atoms with E-state index in [-0.39, 0.29) is 6.61 Å². The molecule has 1 unspecified atom stereocenters. The monoisotopic (exact) mass is 318 g/mol. The molecule has 0 aromatic heterocycles. The summed E-state index contributed by atoms with van der Waals surface area (Å²) < 4.78 is 29.6. The highest BCUT2D eigenvalue weighted by atomic mass is 31.2. The second-order valence-electron chi connectivity index (χ2n) is 4.14. The van der Waals surface area contributed by atoms with Gasteiger partial charge >= 0.3 is 7.82 Å². The van der Waals surface area contributed by atoms with Gasteiger partial charge in [-0.2, -0.15) is 0 Å². The van der Waals surface area contributed by atoms with Crippen LogP contribution in [0.4, 0.5) is 0 Å². The Morgan fingerprint density at radius 1 is 1.11 bits per heavy atom. The van der Waals surface area contributed by atoms with Crippen LogP contribution in [-0.2, 0) is 18.2 Å². The molecular formula is C9H20O8P2-2. The van der Waals surface area contributed by atoms with Gasteiger partial charge < -0.3 is 28.7 Å². The van der Waals surface area contributed by atoms with E-state index in [2.05, 4.69) is 9.05 Å². The molecule has 0 radical (unpaired) electrons. The first kappa shape index (κ1) is 19.2. The molecule has 0 fully saturated rings. The van der Waals surface area contributed by atoms with Gasteiger partial charge in [0.2, 0.25) is 0 Å². The first-order valence-corrected chi connectivity index (χ1v) is 9.03. The van der Waals surface area contributed by atoms with E-state index < -0.39 is 21.7 Å². The van der Waals surface area contributed by atoms with Crippen LogP contribution in [0.15, 0.2) is 0 Å². The quantitative estimate of drug-likeness (QED) is 0.418. The molecule has 0 aromatic rings. The third kappa shape index (κ3) is 14.4. The molecule has 2 N–H and O–H groups in total. The Kier molecular flexibility index (Phi) is 9.32. The summed E-state index contributed by atoms with van der Waals surface area (Å²) in [4.78, 5) is 38.0. The van der Waals surface area contributed by atoms with Gasteiger partial charge in [0.25, 0.3) is 0 Å². The summed E-state index contributed by atoms with van der Waals surface area (Å²) in [5, 5.41) is 0. The third-order valence-electron chi connectivity index (χ3n) is 2.34. The van der Waals surface area contributed by atoms with Crippen molar-refractivity contribution in [2.75, 3.05) is 6.61 Å². The minimum absolute atomic E-state index is 0.128. The lowest BCUT2D eigenvalue weighted by Gasteiger charge is -2.33. The average molecular weight is 318 g/mol. The molecule has 8 nitrogen and oxygen atoms in total. The Labute approximate surface area is 112 Å². The van der Waals surface area contributed by atoms with Crippen molar-refractivity contribution in [3.63, 3.8) is 0 Å². The highest BCUT2D eigenvalue weighted by molar-refractivity contribution is 7.46. The summed E-state index contributed by atoms with van der Waals surface area (Å²) in [6, 6.07) is 0. The maximum Gasteiger partial charge on any atom is 0.469 e. The van der Waals surface area contributed by atoms with Crippen LogP contribution in [0, 0.1) is 0 Å². The lowest BCUT2D eigenvalue weighted by molar-refractivity contribution is -0.345. The topological polar surface area (TPSA) is 139 Å². The van der Waals surface area contributed by atoms with Crippen LogP contribution in [-0.4, -0.2) is 22.5 Å². The molecule has 0 amide bonds. The van der Waals surface area contributed by atoms with Crippen LogP contribution in [0.1, 0.15) is 45.4 Å². The molecule has 0 rings (SSSR count). The maximum absolute atomic E-state index is 10.5. The highest BCUT2D eigenvalue weighted by Crippen LogP contribution is 2.36. The zero-order chi connectivity index (χ0) is 14.9. The van der Waals surface area contributed by atoms with Gasteiger partial charge in [-0.15, -0.1) is 0 Å². The van der Waals surface area contributed by atoms with E-state index in [0.717, 1.165) is 12.8 Å². The van der Waals surface area contributed by atoms with E-state index in [9.17, 15) is 18.9 Å². The highest BCUT2D eigenvalue weighted by Gasteiger charge is 2.14. The standard InChI is InChI=1S/C9H22O8P2/c1-2-3-6-9(17-19(13,14)15)7-4-5-8-16-18(10,11)12/h9H,2-8H2,1H3,(H2,10,11,12)(H2,13,14,15)/p-2. The third-order valence-corrected chi connectivity index (χ3v) is 3.41. The fraction of sp³-hybridized carbons (Fsp3) is 1.00. The van der Waals surface area contributed by atoms with Gasteiger partial charge in [0, 0.05) is 0 Å². The van der Waals surface area contributed by atoms with Crippen molar-refractivity contribution < 1.29 is 37.8 Å². The second kappa shape index (κ2) is 9.21. The Hall–Kier alpha value is 0.220. The van der Waals surface area contributed by atoms with E-state index in [1.54, 1.807) is 0 Å². The first-order valence-electron chi connectivity index (χ1n) is 6.04. The Balaban J connectivity index is 3.92. The molecule has 0 aliphatic rings. The summed E-state index contributed by atoms with van der Waals surface area (Å²) in [5.74, 6) is 0. The molecule has 10 heteroatoms. The lowest BCUT2D eigenvalue weighted by atomic mass is 10.1. The van der Waals surface area contributed by atoms with Crippen LogP contribution >= 0.6 is 15.6 Å². The van der Waals surface area contributed by atoms with Gasteiger partial charge in [-0.3, -0.25) is 4.52 Å². The molecular weight excluding hydrogens is 298 g/mol. The molecule has 0 heterocycles. The molecule has 0 bridgehead atoms. The zero-order valence-corrected chi connectivity index (χ0v) is 12.6. The molecule has 0 aliphatic heterocycles. The summed E-state index contributed by atoms with van der Waals surface area (Å²) in [6.07, 6.45) is 2.51. The maximum atomic E-state index is 10.5. The normalized spacial score (nSPS) is 14.6. The van der Waals surface area contributed by atoms with Crippen molar-refractivity contribution in [3.8, 4) is 0 Å².